The molecular formula is C11H13ClN2O4. The van der Waals surface area contributed by atoms with Crippen LogP contribution >= 0.6 is 11.6 Å². The minimum atomic E-state index is -0.615. The number of nitro groups is 1. The number of nitro benzene ring substituents is 1. The number of carbonyl (C=O) groups is 1. The summed E-state index contributed by atoms with van der Waals surface area (Å²) in [6, 6.07) is 3.71. The van der Waals surface area contributed by atoms with Crippen LogP contribution in [0.5, 0.6) is 0 Å². The van der Waals surface area contributed by atoms with Crippen LogP contribution in [0.2, 0.25) is 5.02 Å². The maximum Gasteiger partial charge on any atom is 0.287 e. The van der Waals surface area contributed by atoms with E-state index in [0.717, 1.165) is 0 Å². The molecule has 18 heavy (non-hydrogen) atoms. The number of carbonyl (C=O) groups excluding carboxylic acids is 1. The lowest BCUT2D eigenvalue weighted by molar-refractivity contribution is -0.384. The van der Waals surface area contributed by atoms with Crippen molar-refractivity contribution in [1.82, 2.24) is 5.48 Å². The molecule has 0 aliphatic heterocycles. The Kier molecular flexibility index (Phi) is 4.26. The summed E-state index contributed by atoms with van der Waals surface area (Å²) in [6.45, 7) is 5.32. The van der Waals surface area contributed by atoms with Crippen LogP contribution in [0, 0.1) is 10.1 Å². The van der Waals surface area contributed by atoms with E-state index in [4.69, 9.17) is 16.4 Å². The molecule has 0 aliphatic rings. The van der Waals surface area contributed by atoms with E-state index in [1.54, 1.807) is 20.8 Å². The van der Waals surface area contributed by atoms with Crippen molar-refractivity contribution in [3.63, 3.8) is 0 Å². The van der Waals surface area contributed by atoms with E-state index < -0.39 is 16.4 Å². The lowest BCUT2D eigenvalue weighted by atomic mass is 10.2. The quantitative estimate of drug-likeness (QED) is 0.677. The molecule has 1 amide bonds. The molecule has 98 valence electrons. The second-order valence-electron chi connectivity index (χ2n) is 4.57. The molecule has 0 saturated carbocycles. The topological polar surface area (TPSA) is 81.5 Å². The lowest BCUT2D eigenvalue weighted by Gasteiger charge is -2.18. The van der Waals surface area contributed by atoms with Gasteiger partial charge in [-0.3, -0.25) is 19.7 Å². The largest absolute Gasteiger partial charge is 0.287 e. The van der Waals surface area contributed by atoms with Gasteiger partial charge in [0.15, 0.2) is 0 Å². The van der Waals surface area contributed by atoms with E-state index >= 15 is 0 Å². The van der Waals surface area contributed by atoms with Gasteiger partial charge in [0.1, 0.15) is 5.02 Å². The molecule has 0 aromatic heterocycles. The van der Waals surface area contributed by atoms with Crippen LogP contribution in [0.25, 0.3) is 0 Å². The van der Waals surface area contributed by atoms with Crippen LogP contribution in [-0.4, -0.2) is 16.4 Å². The van der Waals surface area contributed by atoms with Gasteiger partial charge in [0.25, 0.3) is 11.6 Å². The second-order valence-corrected chi connectivity index (χ2v) is 4.98. The Labute approximate surface area is 109 Å². The summed E-state index contributed by atoms with van der Waals surface area (Å²) < 4.78 is 0. The Hall–Kier alpha value is -1.66. The summed E-state index contributed by atoms with van der Waals surface area (Å²) in [6.07, 6.45) is 0. The maximum absolute atomic E-state index is 11.7. The predicted octanol–water partition coefficient (Wildman–Crippen LogP) is 2.71. The monoisotopic (exact) mass is 272 g/mol. The van der Waals surface area contributed by atoms with Crippen molar-refractivity contribution >= 4 is 23.2 Å². The van der Waals surface area contributed by atoms with Crippen molar-refractivity contribution in [3.8, 4) is 0 Å². The number of halogens is 1. The predicted molar refractivity (Wildman–Crippen MR) is 66.4 cm³/mol. The van der Waals surface area contributed by atoms with Crippen molar-refractivity contribution in [1.29, 1.82) is 0 Å². The molecule has 1 N–H and O–H groups in total. The third kappa shape index (κ3) is 3.97. The fourth-order valence-corrected chi connectivity index (χ4v) is 1.30. The van der Waals surface area contributed by atoms with Crippen LogP contribution < -0.4 is 5.48 Å². The summed E-state index contributed by atoms with van der Waals surface area (Å²) in [5, 5.41) is 10.5. The van der Waals surface area contributed by atoms with Gasteiger partial charge in [-0.2, -0.15) is 0 Å². The number of nitrogens with zero attached hydrogens (tertiary/aromatic N) is 1. The van der Waals surface area contributed by atoms with Crippen LogP contribution in [0.3, 0.4) is 0 Å². The molecule has 0 unspecified atom stereocenters. The Bertz CT molecular complexity index is 482. The molecule has 0 radical (unpaired) electrons. The van der Waals surface area contributed by atoms with E-state index in [0.29, 0.717) is 0 Å². The Morgan fingerprint density at radius 1 is 1.44 bits per heavy atom. The van der Waals surface area contributed by atoms with Crippen LogP contribution in [0.15, 0.2) is 18.2 Å². The molecule has 0 saturated heterocycles. The standard InChI is InChI=1S/C11H13ClN2O4/c1-11(2,3)18-13-10(15)7-4-5-9(14(16)17)8(12)6-7/h4-6H,1-3H3,(H,13,15). The zero-order valence-corrected chi connectivity index (χ0v) is 10.9. The number of rotatable bonds is 3. The average Bonchev–Trinajstić information content (AvgIpc) is 2.24. The highest BCUT2D eigenvalue weighted by Crippen LogP contribution is 2.24. The molecule has 1 aromatic rings. The highest BCUT2D eigenvalue weighted by atomic mass is 35.5. The Morgan fingerprint density at radius 3 is 2.50 bits per heavy atom. The number of amides is 1. The number of hydrogen-bond acceptors (Lipinski definition) is 4. The Balaban J connectivity index is 2.82. The molecular weight excluding hydrogens is 260 g/mol. The first-order valence-electron chi connectivity index (χ1n) is 5.13. The average molecular weight is 273 g/mol. The van der Waals surface area contributed by atoms with Gasteiger partial charge in [-0.25, -0.2) is 5.48 Å². The molecule has 6 nitrogen and oxygen atoms in total. The zero-order valence-electron chi connectivity index (χ0n) is 10.2. The lowest BCUT2D eigenvalue weighted by Crippen LogP contribution is -2.33. The summed E-state index contributed by atoms with van der Waals surface area (Å²) in [5.74, 6) is -0.512. The molecule has 0 heterocycles. The van der Waals surface area contributed by atoms with Crippen molar-refractivity contribution < 1.29 is 14.6 Å². The number of benzene rings is 1. The number of hydrogen-bond donors (Lipinski definition) is 1. The molecule has 0 aliphatic carbocycles. The molecule has 7 heteroatoms. The van der Waals surface area contributed by atoms with Gasteiger partial charge in [0.05, 0.1) is 10.5 Å². The van der Waals surface area contributed by atoms with Crippen LogP contribution in [-0.2, 0) is 4.84 Å². The van der Waals surface area contributed by atoms with E-state index in [1.165, 1.54) is 18.2 Å². The number of hydroxylamine groups is 1. The summed E-state index contributed by atoms with van der Waals surface area (Å²) in [7, 11) is 0. The number of nitrogens with one attached hydrogen (secondary N) is 1. The maximum atomic E-state index is 11.7. The fourth-order valence-electron chi connectivity index (χ4n) is 1.05. The van der Waals surface area contributed by atoms with Gasteiger partial charge in [0, 0.05) is 11.6 Å². The van der Waals surface area contributed by atoms with Gasteiger partial charge >= 0.3 is 0 Å². The first kappa shape index (κ1) is 14.4. The van der Waals surface area contributed by atoms with Crippen molar-refractivity contribution in [3.05, 3.63) is 38.9 Å². The minimum absolute atomic E-state index is 0.0941. The van der Waals surface area contributed by atoms with E-state index in [9.17, 15) is 14.9 Å². The van der Waals surface area contributed by atoms with Crippen LogP contribution in [0.1, 0.15) is 31.1 Å². The zero-order chi connectivity index (χ0) is 13.9. The smallest absolute Gasteiger partial charge is 0.268 e. The fraction of sp³-hybridized carbons (Fsp3) is 0.364. The summed E-state index contributed by atoms with van der Waals surface area (Å²) >= 11 is 5.70. The highest BCUT2D eigenvalue weighted by Gasteiger charge is 2.17. The molecule has 0 spiro atoms. The molecule has 0 atom stereocenters. The SMILES string of the molecule is CC(C)(C)ONC(=O)c1ccc([N+](=O)[O-])c(Cl)c1. The molecule has 0 bridgehead atoms. The second kappa shape index (κ2) is 5.32. The van der Waals surface area contributed by atoms with Gasteiger partial charge in [-0.1, -0.05) is 11.6 Å². The van der Waals surface area contributed by atoms with Crippen molar-refractivity contribution in [2.24, 2.45) is 0 Å². The summed E-state index contributed by atoms with van der Waals surface area (Å²) in [4.78, 5) is 26.7. The van der Waals surface area contributed by atoms with Crippen molar-refractivity contribution in [2.75, 3.05) is 0 Å². The van der Waals surface area contributed by atoms with Gasteiger partial charge in [0.2, 0.25) is 0 Å². The normalized spacial score (nSPS) is 11.1. The Morgan fingerprint density at radius 2 is 2.06 bits per heavy atom. The van der Waals surface area contributed by atoms with Crippen molar-refractivity contribution in [2.45, 2.75) is 26.4 Å². The van der Waals surface area contributed by atoms with Gasteiger partial charge in [-0.05, 0) is 32.9 Å². The van der Waals surface area contributed by atoms with Gasteiger partial charge in [-0.15, -0.1) is 0 Å². The van der Waals surface area contributed by atoms with Gasteiger partial charge < -0.3 is 0 Å². The summed E-state index contributed by atoms with van der Waals surface area (Å²) in [5.41, 5.74) is 1.66. The molecule has 0 fully saturated rings. The minimum Gasteiger partial charge on any atom is -0.268 e. The first-order valence-corrected chi connectivity index (χ1v) is 5.51. The van der Waals surface area contributed by atoms with E-state index in [1.807, 2.05) is 0 Å². The third-order valence-electron chi connectivity index (χ3n) is 1.86. The first-order chi connectivity index (χ1) is 8.20. The molecule has 1 aromatic carbocycles. The van der Waals surface area contributed by atoms with E-state index in [-0.39, 0.29) is 16.3 Å². The van der Waals surface area contributed by atoms with Crippen LogP contribution in [0.4, 0.5) is 5.69 Å². The molecule has 1 rings (SSSR count). The third-order valence-corrected chi connectivity index (χ3v) is 2.16. The highest BCUT2D eigenvalue weighted by molar-refractivity contribution is 6.33. The van der Waals surface area contributed by atoms with E-state index in [2.05, 4.69) is 5.48 Å².